The molecule has 0 aromatic heterocycles. The highest BCUT2D eigenvalue weighted by Crippen LogP contribution is 2.26. The second kappa shape index (κ2) is 9.96. The normalized spacial score (nSPS) is 10.6. The topological polar surface area (TPSA) is 118 Å². The van der Waals surface area contributed by atoms with Gasteiger partial charge >= 0.3 is 0 Å². The average Bonchev–Trinajstić information content (AvgIpc) is 2.63. The molecule has 0 atom stereocenters. The number of nitrogens with one attached hydrogen (secondary N) is 2. The lowest BCUT2D eigenvalue weighted by molar-refractivity contribution is 0.276. The third-order valence-electron chi connectivity index (χ3n) is 4.82. The number of unbranched alkanes of at least 4 members (excludes halogenated alkanes) is 2. The van der Waals surface area contributed by atoms with Crippen molar-refractivity contribution in [1.82, 2.24) is 0 Å². The summed E-state index contributed by atoms with van der Waals surface area (Å²) in [5.74, 6) is 1.90. The lowest BCUT2D eigenvalue weighted by Crippen LogP contribution is -2.12. The van der Waals surface area contributed by atoms with Crippen LogP contribution in [0.1, 0.15) is 52.6 Å². The molecule has 0 aliphatic carbocycles. The van der Waals surface area contributed by atoms with E-state index in [1.54, 1.807) is 0 Å². The van der Waals surface area contributed by atoms with E-state index in [4.69, 9.17) is 31.8 Å². The van der Waals surface area contributed by atoms with Crippen molar-refractivity contribution in [3.05, 3.63) is 57.6 Å². The van der Waals surface area contributed by atoms with Gasteiger partial charge in [-0.25, -0.2) is 0 Å². The van der Waals surface area contributed by atoms with Crippen molar-refractivity contribution >= 4 is 11.7 Å². The van der Waals surface area contributed by atoms with Crippen LogP contribution >= 0.6 is 0 Å². The molecule has 6 N–H and O–H groups in total. The van der Waals surface area contributed by atoms with Gasteiger partial charge in [0.15, 0.2) is 0 Å². The summed E-state index contributed by atoms with van der Waals surface area (Å²) in [5, 5.41) is 15.1. The molecule has 0 heterocycles. The van der Waals surface area contributed by atoms with E-state index in [2.05, 4.69) is 0 Å². The van der Waals surface area contributed by atoms with Crippen LogP contribution in [-0.2, 0) is 0 Å². The van der Waals surface area contributed by atoms with E-state index in [1.807, 2.05) is 52.0 Å². The lowest BCUT2D eigenvalue weighted by Gasteiger charge is -2.15. The summed E-state index contributed by atoms with van der Waals surface area (Å²) in [4.78, 5) is 0. The van der Waals surface area contributed by atoms with Crippen molar-refractivity contribution in [3.8, 4) is 11.5 Å². The molecule has 0 unspecified atom stereocenters. The van der Waals surface area contributed by atoms with Crippen molar-refractivity contribution in [2.24, 2.45) is 11.5 Å². The number of aryl methyl sites for hydroxylation is 4. The molecule has 0 amide bonds. The number of ether oxygens (including phenoxy) is 2. The Morgan fingerprint density at radius 3 is 1.24 bits per heavy atom. The summed E-state index contributed by atoms with van der Waals surface area (Å²) in [7, 11) is 0. The molecule has 156 valence electrons. The highest BCUT2D eigenvalue weighted by molar-refractivity contribution is 5.96. The van der Waals surface area contributed by atoms with Gasteiger partial charge in [0, 0.05) is 11.1 Å². The van der Waals surface area contributed by atoms with E-state index >= 15 is 0 Å². The number of nitrogen functional groups attached to an aromatic ring is 2. The van der Waals surface area contributed by atoms with Gasteiger partial charge in [-0.3, -0.25) is 10.8 Å². The van der Waals surface area contributed by atoms with Crippen molar-refractivity contribution < 1.29 is 9.47 Å². The molecule has 0 aliphatic heterocycles. The molecular formula is C23H32N4O2. The zero-order chi connectivity index (χ0) is 21.6. The second-order valence-electron chi connectivity index (χ2n) is 7.46. The Balaban J connectivity index is 1.76. The minimum Gasteiger partial charge on any atom is -0.493 e. The third kappa shape index (κ3) is 5.98. The van der Waals surface area contributed by atoms with E-state index in [1.165, 1.54) is 0 Å². The lowest BCUT2D eigenvalue weighted by atomic mass is 10.0. The van der Waals surface area contributed by atoms with Crippen LogP contribution in [0, 0.1) is 38.5 Å². The summed E-state index contributed by atoms with van der Waals surface area (Å²) in [5.41, 5.74) is 16.6. The van der Waals surface area contributed by atoms with Crippen molar-refractivity contribution in [2.75, 3.05) is 13.2 Å². The van der Waals surface area contributed by atoms with Crippen LogP contribution < -0.4 is 20.9 Å². The Hall–Kier alpha value is -3.02. The first-order valence-electron chi connectivity index (χ1n) is 9.87. The molecule has 0 fully saturated rings. The molecule has 6 heteroatoms. The Bertz CT molecular complexity index is 786. The van der Waals surface area contributed by atoms with Crippen LogP contribution in [-0.4, -0.2) is 24.9 Å². The highest BCUT2D eigenvalue weighted by Gasteiger charge is 2.09. The minimum atomic E-state index is 0.0733. The number of nitrogens with two attached hydrogens (primary N) is 2. The fraction of sp³-hybridized carbons (Fsp3) is 0.391. The zero-order valence-electron chi connectivity index (χ0n) is 17.8. The van der Waals surface area contributed by atoms with E-state index < -0.39 is 0 Å². The number of hydrogen-bond acceptors (Lipinski definition) is 4. The first-order chi connectivity index (χ1) is 13.7. The highest BCUT2D eigenvalue weighted by atomic mass is 16.5. The predicted octanol–water partition coefficient (Wildman–Crippen LogP) is 4.12. The SMILES string of the molecule is Cc1cc(C(=N)N)cc(C)c1OCCCCCOc1c(C)cc(C(=N)N)cc1C. The Labute approximate surface area is 173 Å². The van der Waals surface area contributed by atoms with Crippen LogP contribution in [0.5, 0.6) is 11.5 Å². The molecule has 0 spiro atoms. The fourth-order valence-electron chi connectivity index (χ4n) is 3.40. The smallest absolute Gasteiger partial charge is 0.125 e. The van der Waals surface area contributed by atoms with Crippen LogP contribution in [0.4, 0.5) is 0 Å². The van der Waals surface area contributed by atoms with Crippen LogP contribution in [0.3, 0.4) is 0 Å². The molecule has 0 bridgehead atoms. The summed E-state index contributed by atoms with van der Waals surface area (Å²) in [6.45, 7) is 9.20. The Morgan fingerprint density at radius 1 is 0.655 bits per heavy atom. The number of hydrogen-bond donors (Lipinski definition) is 4. The van der Waals surface area contributed by atoms with E-state index in [0.717, 1.165) is 64.1 Å². The summed E-state index contributed by atoms with van der Waals surface area (Å²) in [6.07, 6.45) is 2.89. The first kappa shape index (κ1) is 22.3. The van der Waals surface area contributed by atoms with Crippen LogP contribution in [0.25, 0.3) is 0 Å². The van der Waals surface area contributed by atoms with Gasteiger partial charge in [0.05, 0.1) is 13.2 Å². The van der Waals surface area contributed by atoms with Crippen molar-refractivity contribution in [3.63, 3.8) is 0 Å². The van der Waals surface area contributed by atoms with Gasteiger partial charge in [-0.05, 0) is 93.5 Å². The zero-order valence-corrected chi connectivity index (χ0v) is 17.8. The second-order valence-corrected chi connectivity index (χ2v) is 7.46. The number of benzene rings is 2. The maximum atomic E-state index is 7.56. The maximum Gasteiger partial charge on any atom is 0.125 e. The standard InChI is InChI=1S/C23H32N4O2/c1-14-10-18(22(24)25)11-15(2)20(14)28-8-6-5-7-9-29-21-16(3)12-19(23(26)27)13-17(21)4/h10-13H,5-9H2,1-4H3,(H3,24,25)(H3,26,27). The quantitative estimate of drug-likeness (QED) is 0.274. The van der Waals surface area contributed by atoms with Gasteiger partial charge in [-0.1, -0.05) is 0 Å². The largest absolute Gasteiger partial charge is 0.493 e. The maximum absolute atomic E-state index is 7.56. The van der Waals surface area contributed by atoms with Crippen LogP contribution in [0.15, 0.2) is 24.3 Å². The molecule has 0 saturated carbocycles. The molecule has 6 nitrogen and oxygen atoms in total. The minimum absolute atomic E-state index is 0.0733. The predicted molar refractivity (Wildman–Crippen MR) is 119 cm³/mol. The third-order valence-corrected chi connectivity index (χ3v) is 4.82. The molecule has 0 aliphatic rings. The average molecular weight is 397 g/mol. The Kier molecular flexibility index (Phi) is 7.65. The summed E-state index contributed by atoms with van der Waals surface area (Å²) >= 11 is 0. The molecule has 29 heavy (non-hydrogen) atoms. The van der Waals surface area contributed by atoms with Gasteiger partial charge < -0.3 is 20.9 Å². The number of rotatable bonds is 10. The van der Waals surface area contributed by atoms with Gasteiger partial charge in [0.25, 0.3) is 0 Å². The summed E-state index contributed by atoms with van der Waals surface area (Å²) < 4.78 is 11.9. The molecule has 2 aromatic rings. The first-order valence-corrected chi connectivity index (χ1v) is 9.87. The van der Waals surface area contributed by atoms with Gasteiger partial charge in [0.2, 0.25) is 0 Å². The fourth-order valence-corrected chi connectivity index (χ4v) is 3.40. The molecule has 2 rings (SSSR count). The van der Waals surface area contributed by atoms with Crippen LogP contribution in [0.2, 0.25) is 0 Å². The van der Waals surface area contributed by atoms with Crippen molar-refractivity contribution in [2.45, 2.75) is 47.0 Å². The molecule has 0 saturated heterocycles. The Morgan fingerprint density at radius 2 is 0.966 bits per heavy atom. The van der Waals surface area contributed by atoms with Gasteiger partial charge in [-0.15, -0.1) is 0 Å². The van der Waals surface area contributed by atoms with Gasteiger partial charge in [-0.2, -0.15) is 0 Å². The van der Waals surface area contributed by atoms with E-state index in [-0.39, 0.29) is 11.7 Å². The van der Waals surface area contributed by atoms with E-state index in [9.17, 15) is 0 Å². The molecular weight excluding hydrogens is 364 g/mol. The molecule has 2 aromatic carbocycles. The number of amidine groups is 2. The summed E-state index contributed by atoms with van der Waals surface area (Å²) in [6, 6.07) is 7.56. The van der Waals surface area contributed by atoms with Gasteiger partial charge in [0.1, 0.15) is 23.2 Å². The molecule has 0 radical (unpaired) electrons. The van der Waals surface area contributed by atoms with E-state index in [0.29, 0.717) is 13.2 Å². The monoisotopic (exact) mass is 396 g/mol. The van der Waals surface area contributed by atoms with Crippen molar-refractivity contribution in [1.29, 1.82) is 10.8 Å².